The van der Waals surface area contributed by atoms with Crippen molar-refractivity contribution in [2.24, 2.45) is 5.92 Å². The van der Waals surface area contributed by atoms with Gasteiger partial charge in [-0.05, 0) is 54.6 Å². The maximum Gasteiger partial charge on any atom is 0.319 e. The van der Waals surface area contributed by atoms with Crippen LogP contribution in [0.4, 0.5) is 15.3 Å². The van der Waals surface area contributed by atoms with Gasteiger partial charge in [0, 0.05) is 77.4 Å². The molecule has 2 aliphatic rings. The summed E-state index contributed by atoms with van der Waals surface area (Å²) in [5.41, 5.74) is 2.00. The molecule has 278 valence electrons. The Balaban J connectivity index is 1.25. The van der Waals surface area contributed by atoms with Crippen LogP contribution in [0.5, 0.6) is 0 Å². The topological polar surface area (TPSA) is 149 Å². The number of nitrogens with one attached hydrogen (secondary N) is 3. The average Bonchev–Trinajstić information content (AvgIpc) is 3.52. The van der Waals surface area contributed by atoms with E-state index in [0.29, 0.717) is 67.6 Å². The minimum Gasteiger partial charge on any atom is -0.338 e. The van der Waals surface area contributed by atoms with Crippen LogP contribution in [0.15, 0.2) is 54.7 Å². The minimum absolute atomic E-state index is 0.0441. The molecule has 0 aliphatic carbocycles. The zero-order chi connectivity index (χ0) is 36.8. The smallest absolute Gasteiger partial charge is 0.319 e. The Hall–Kier alpha value is -3.95. The van der Waals surface area contributed by atoms with Gasteiger partial charge in [0.15, 0.2) is 0 Å². The number of para-hydroxylation sites is 1. The van der Waals surface area contributed by atoms with Crippen molar-refractivity contribution in [2.75, 3.05) is 56.9 Å². The number of piperazine rings is 1. The fraction of sp³-hybridized carbons (Fsp3) is 0.556. The van der Waals surface area contributed by atoms with Crippen molar-refractivity contribution >= 4 is 52.7 Å². The molecule has 0 radical (unpaired) electrons. The maximum atomic E-state index is 14.1. The monoisotopic (exact) mass is 738 g/mol. The molecule has 2 saturated heterocycles. The number of rotatable bonds is 12. The van der Waals surface area contributed by atoms with Crippen molar-refractivity contribution < 1.29 is 22.8 Å². The first-order valence-corrected chi connectivity index (χ1v) is 23.4. The summed E-state index contributed by atoms with van der Waals surface area (Å²) in [6.07, 6.45) is 2.98. The number of likely N-dealkylation sites (tertiary alicyclic amines) is 1. The first-order chi connectivity index (χ1) is 24.2. The highest BCUT2D eigenvalue weighted by Gasteiger charge is 2.32. The van der Waals surface area contributed by atoms with Gasteiger partial charge in [-0.3, -0.25) is 9.69 Å². The van der Waals surface area contributed by atoms with Gasteiger partial charge in [0.1, 0.15) is 6.04 Å². The summed E-state index contributed by atoms with van der Waals surface area (Å²) in [5, 5.41) is 13.8. The van der Waals surface area contributed by atoms with Crippen molar-refractivity contribution in [3.63, 3.8) is 0 Å². The quantitative estimate of drug-likeness (QED) is 0.235. The highest BCUT2D eigenvalue weighted by atomic mass is 32.2. The number of urea groups is 2. The molecule has 2 aliphatic heterocycles. The van der Waals surface area contributed by atoms with Crippen LogP contribution in [0.2, 0.25) is 25.7 Å². The molecule has 3 aromatic rings. The van der Waals surface area contributed by atoms with E-state index in [-0.39, 0.29) is 36.2 Å². The predicted molar refractivity (Wildman–Crippen MR) is 204 cm³/mol. The van der Waals surface area contributed by atoms with E-state index in [0.717, 1.165) is 29.3 Å². The molecule has 0 spiro atoms. The molecule has 5 rings (SSSR count). The number of fused-ring (bicyclic) bond motifs is 1. The number of carbonyl (C=O) groups is 3. The molecule has 13 nitrogen and oxygen atoms in total. The van der Waals surface area contributed by atoms with Crippen molar-refractivity contribution in [3.8, 4) is 0 Å². The van der Waals surface area contributed by atoms with Crippen LogP contribution in [-0.4, -0.2) is 122 Å². The van der Waals surface area contributed by atoms with Crippen LogP contribution in [-0.2, 0) is 21.2 Å². The molecule has 1 aromatic heterocycles. The van der Waals surface area contributed by atoms with Crippen LogP contribution >= 0.6 is 0 Å². The highest BCUT2D eigenvalue weighted by molar-refractivity contribution is 7.90. The molecule has 1 unspecified atom stereocenters. The molecule has 3 N–H and O–H groups in total. The fourth-order valence-electron chi connectivity index (χ4n) is 6.59. The van der Waals surface area contributed by atoms with Crippen molar-refractivity contribution in [1.29, 1.82) is 0 Å². The van der Waals surface area contributed by atoms with Crippen LogP contribution in [0.1, 0.15) is 32.3 Å². The second-order valence-corrected chi connectivity index (χ2v) is 23.0. The number of carbonyl (C=O) groups excluding carboxylic acids is 3. The normalized spacial score (nSPS) is 17.1. The van der Waals surface area contributed by atoms with E-state index in [9.17, 15) is 22.8 Å². The minimum atomic E-state index is -3.62. The lowest BCUT2D eigenvalue weighted by Crippen LogP contribution is -2.58. The van der Waals surface area contributed by atoms with Crippen LogP contribution < -0.4 is 16.0 Å². The Morgan fingerprint density at radius 2 is 1.61 bits per heavy atom. The van der Waals surface area contributed by atoms with Gasteiger partial charge >= 0.3 is 12.1 Å². The Morgan fingerprint density at radius 1 is 0.922 bits per heavy atom. The van der Waals surface area contributed by atoms with Gasteiger partial charge in [-0.2, -0.15) is 9.19 Å². The zero-order valence-electron chi connectivity index (χ0n) is 30.6. The van der Waals surface area contributed by atoms with E-state index in [2.05, 4.69) is 59.4 Å². The van der Waals surface area contributed by atoms with Gasteiger partial charge in [0.25, 0.3) is 10.0 Å². The number of piperidine rings is 1. The maximum absolute atomic E-state index is 14.1. The van der Waals surface area contributed by atoms with Gasteiger partial charge in [0.05, 0.1) is 17.5 Å². The fourth-order valence-corrected chi connectivity index (χ4v) is 10.9. The third kappa shape index (κ3) is 10.8. The number of aromatic nitrogens is 2. The molecule has 1 atom stereocenters. The second-order valence-electron chi connectivity index (χ2n) is 15.5. The molecule has 0 bridgehead atoms. The Bertz CT molecular complexity index is 1760. The number of hydrogen-bond donors (Lipinski definition) is 3. The summed E-state index contributed by atoms with van der Waals surface area (Å²) in [6.45, 7) is 15.4. The Kier molecular flexibility index (Phi) is 12.5. The first-order valence-electron chi connectivity index (χ1n) is 18.1. The van der Waals surface area contributed by atoms with E-state index in [1.807, 2.05) is 47.4 Å². The number of benzene rings is 2. The van der Waals surface area contributed by atoms with E-state index >= 15 is 0 Å². The molecule has 3 heterocycles. The van der Waals surface area contributed by atoms with E-state index in [1.165, 1.54) is 0 Å². The van der Waals surface area contributed by atoms with Gasteiger partial charge in [0.2, 0.25) is 5.91 Å². The summed E-state index contributed by atoms with van der Waals surface area (Å²) in [6, 6.07) is 13.8. The van der Waals surface area contributed by atoms with Gasteiger partial charge in [-0.1, -0.05) is 57.8 Å². The van der Waals surface area contributed by atoms with Gasteiger partial charge < -0.3 is 25.8 Å². The lowest BCUT2D eigenvalue weighted by molar-refractivity contribution is -0.135. The average molecular weight is 739 g/mol. The second kappa shape index (κ2) is 16.6. The largest absolute Gasteiger partial charge is 0.338 e. The molecule has 15 heteroatoms. The Morgan fingerprint density at radius 3 is 2.25 bits per heavy atom. The molecule has 0 saturated carbocycles. The summed E-state index contributed by atoms with van der Waals surface area (Å²) in [7, 11) is -5.20. The molecule has 2 aromatic carbocycles. The molecular formula is C36H54N8O5SSi. The molecule has 5 amide bonds. The first kappa shape index (κ1) is 38.3. The number of anilines is 1. The summed E-state index contributed by atoms with van der Waals surface area (Å²) >= 11 is 0. The van der Waals surface area contributed by atoms with E-state index in [1.54, 1.807) is 17.2 Å². The SMILES string of the molecule is CC(C)CN1CCN(C(=O)C(Cc2ccc3c(cnn3S(=O)(=O)CC[Si](C)(C)C)c2)NC(=O)N2CCC(NC(=O)Nc3ccccc3)CC2)CC1. The van der Waals surface area contributed by atoms with Gasteiger partial charge in [-0.15, -0.1) is 0 Å². The summed E-state index contributed by atoms with van der Waals surface area (Å²) < 4.78 is 27.5. The van der Waals surface area contributed by atoms with Gasteiger partial charge in [-0.25, -0.2) is 18.0 Å². The number of amides is 5. The summed E-state index contributed by atoms with van der Waals surface area (Å²) in [5.74, 6) is 0.445. The van der Waals surface area contributed by atoms with Crippen LogP contribution in [0.3, 0.4) is 0 Å². The molecular weight excluding hydrogens is 685 g/mol. The van der Waals surface area contributed by atoms with Crippen molar-refractivity contribution in [1.82, 2.24) is 34.5 Å². The third-order valence-corrected chi connectivity index (χ3v) is 13.1. The molecule has 2 fully saturated rings. The molecule has 51 heavy (non-hydrogen) atoms. The number of nitrogens with zero attached hydrogens (tertiary/aromatic N) is 5. The number of hydrogen-bond acceptors (Lipinski definition) is 7. The van der Waals surface area contributed by atoms with Crippen LogP contribution in [0, 0.1) is 5.92 Å². The predicted octanol–water partition coefficient (Wildman–Crippen LogP) is 4.26. The standard InChI is InChI=1S/C36H54N8O5SSi/c1-27(2)26-41-17-19-42(20-18-41)34(45)32(24-28-11-12-33-29(23-28)25-37-44(33)50(48,49)21-22-51(3,4)5)40-36(47)43-15-13-31(14-16-43)39-35(46)38-30-9-7-6-8-10-30/h6-12,23,25,27,31-32H,13-22,24,26H2,1-5H3,(H,40,47)(H2,38,39,46). The highest BCUT2D eigenvalue weighted by Crippen LogP contribution is 2.21. The van der Waals surface area contributed by atoms with E-state index < -0.39 is 24.1 Å². The Labute approximate surface area is 303 Å². The third-order valence-electron chi connectivity index (χ3n) is 9.47. The lowest BCUT2D eigenvalue weighted by atomic mass is 10.0. The lowest BCUT2D eigenvalue weighted by Gasteiger charge is -2.38. The zero-order valence-corrected chi connectivity index (χ0v) is 32.4. The van der Waals surface area contributed by atoms with E-state index in [4.69, 9.17) is 0 Å². The van der Waals surface area contributed by atoms with Crippen molar-refractivity contribution in [2.45, 2.75) is 70.9 Å². The van der Waals surface area contributed by atoms with Crippen LogP contribution in [0.25, 0.3) is 10.9 Å². The summed E-state index contributed by atoms with van der Waals surface area (Å²) in [4.78, 5) is 46.1. The van der Waals surface area contributed by atoms with Crippen molar-refractivity contribution in [3.05, 3.63) is 60.3 Å².